The van der Waals surface area contributed by atoms with E-state index in [1.54, 1.807) is 22.5 Å². The molecule has 0 spiro atoms. The molecule has 0 bridgehead atoms. The summed E-state index contributed by atoms with van der Waals surface area (Å²) in [5, 5.41) is 1.28. The lowest BCUT2D eigenvalue weighted by molar-refractivity contribution is 0.794. The first kappa shape index (κ1) is 17.5. The van der Waals surface area contributed by atoms with Crippen molar-refractivity contribution in [3.63, 3.8) is 0 Å². The number of nitrogens with zero attached hydrogens (tertiary/aromatic N) is 3. The molecule has 5 heteroatoms. The van der Waals surface area contributed by atoms with Crippen molar-refractivity contribution in [2.45, 2.75) is 18.5 Å². The zero-order chi connectivity index (χ0) is 18.6. The van der Waals surface area contributed by atoms with Gasteiger partial charge in [0, 0.05) is 11.9 Å². The Bertz CT molecular complexity index is 1140. The van der Waals surface area contributed by atoms with E-state index in [9.17, 15) is 4.79 Å². The third-order valence-corrected chi connectivity index (χ3v) is 5.28. The van der Waals surface area contributed by atoms with Crippen LogP contribution in [-0.4, -0.2) is 20.3 Å². The predicted octanol–water partition coefficient (Wildman–Crippen LogP) is 4.42. The fraction of sp³-hybridized carbons (Fsp3) is 0.136. The lowest BCUT2D eigenvalue weighted by atomic mass is 10.2. The van der Waals surface area contributed by atoms with Crippen LogP contribution < -0.4 is 5.56 Å². The van der Waals surface area contributed by atoms with Gasteiger partial charge in [-0.3, -0.25) is 4.79 Å². The van der Waals surface area contributed by atoms with Crippen molar-refractivity contribution in [2.24, 2.45) is 0 Å². The average Bonchev–Trinajstić information content (AvgIpc) is 2.69. The molecule has 0 aliphatic rings. The highest BCUT2D eigenvalue weighted by Gasteiger charge is 2.14. The zero-order valence-electron chi connectivity index (χ0n) is 15.0. The van der Waals surface area contributed by atoms with Crippen molar-refractivity contribution in [2.75, 3.05) is 5.75 Å². The number of para-hydroxylation sites is 1. The minimum atomic E-state index is -0.0825. The predicted molar refractivity (Wildman–Crippen MR) is 111 cm³/mol. The monoisotopic (exact) mass is 373 g/mol. The number of rotatable bonds is 5. The summed E-state index contributed by atoms with van der Waals surface area (Å²) < 4.78 is 1.63. The number of aromatic nitrogens is 3. The van der Waals surface area contributed by atoms with Crippen LogP contribution in [0.15, 0.2) is 82.9 Å². The molecule has 2 aromatic carbocycles. The van der Waals surface area contributed by atoms with Crippen LogP contribution in [0.5, 0.6) is 0 Å². The van der Waals surface area contributed by atoms with Gasteiger partial charge < -0.3 is 0 Å². The minimum absolute atomic E-state index is 0.0825. The molecule has 2 heterocycles. The summed E-state index contributed by atoms with van der Waals surface area (Å²) in [6, 6.07) is 21.6. The summed E-state index contributed by atoms with van der Waals surface area (Å²) in [6.07, 6.45) is 2.64. The second kappa shape index (κ2) is 7.76. The molecule has 0 aliphatic carbocycles. The van der Waals surface area contributed by atoms with Crippen LogP contribution in [0, 0.1) is 6.92 Å². The van der Waals surface area contributed by atoms with Crippen LogP contribution in [0.4, 0.5) is 0 Å². The fourth-order valence-electron chi connectivity index (χ4n) is 2.96. The molecule has 0 fully saturated rings. The molecule has 4 rings (SSSR count). The lowest BCUT2D eigenvalue weighted by Crippen LogP contribution is -2.22. The average molecular weight is 373 g/mol. The first-order chi connectivity index (χ1) is 13.2. The smallest absolute Gasteiger partial charge is 0.267 e. The van der Waals surface area contributed by atoms with Gasteiger partial charge >= 0.3 is 0 Å². The normalized spacial score (nSPS) is 11.0. The number of benzene rings is 2. The Labute approximate surface area is 161 Å². The van der Waals surface area contributed by atoms with Crippen molar-refractivity contribution in [1.29, 1.82) is 0 Å². The molecule has 0 unspecified atom stereocenters. The maximum Gasteiger partial charge on any atom is 0.267 e. The molecular formula is C22H19N3OS. The van der Waals surface area contributed by atoms with E-state index in [0.29, 0.717) is 21.9 Å². The third-order valence-electron chi connectivity index (χ3n) is 4.34. The third kappa shape index (κ3) is 3.78. The molecule has 0 aliphatic heterocycles. The SMILES string of the molecule is Cc1ccnc(-n2c(SCCc3ccccc3)nc3ccccc3c2=O)c1. The van der Waals surface area contributed by atoms with Crippen molar-refractivity contribution >= 4 is 22.7 Å². The van der Waals surface area contributed by atoms with Crippen LogP contribution in [-0.2, 0) is 6.42 Å². The van der Waals surface area contributed by atoms with E-state index >= 15 is 0 Å². The molecule has 0 amide bonds. The van der Waals surface area contributed by atoms with Gasteiger partial charge in [0.05, 0.1) is 10.9 Å². The molecule has 0 saturated heterocycles. The Balaban J connectivity index is 1.75. The van der Waals surface area contributed by atoms with Gasteiger partial charge in [-0.25, -0.2) is 14.5 Å². The van der Waals surface area contributed by atoms with E-state index in [0.717, 1.165) is 17.7 Å². The maximum atomic E-state index is 13.2. The number of hydrogen-bond donors (Lipinski definition) is 0. The van der Waals surface area contributed by atoms with E-state index in [-0.39, 0.29) is 5.56 Å². The molecule has 0 N–H and O–H groups in total. The Morgan fingerprint density at radius 1 is 1.00 bits per heavy atom. The van der Waals surface area contributed by atoms with Crippen LogP contribution in [0.1, 0.15) is 11.1 Å². The largest absolute Gasteiger partial charge is 0.268 e. The fourth-order valence-corrected chi connectivity index (χ4v) is 3.95. The van der Waals surface area contributed by atoms with Crippen LogP contribution >= 0.6 is 11.8 Å². The van der Waals surface area contributed by atoms with Crippen molar-refractivity contribution in [3.05, 3.63) is 94.4 Å². The molecular weight excluding hydrogens is 354 g/mol. The van der Waals surface area contributed by atoms with Gasteiger partial charge in [-0.1, -0.05) is 54.2 Å². The van der Waals surface area contributed by atoms with Crippen molar-refractivity contribution in [3.8, 4) is 5.82 Å². The molecule has 0 saturated carbocycles. The summed E-state index contributed by atoms with van der Waals surface area (Å²) in [4.78, 5) is 22.3. The van der Waals surface area contributed by atoms with Gasteiger partial charge in [0.15, 0.2) is 5.16 Å². The quantitative estimate of drug-likeness (QED) is 0.384. The summed E-state index contributed by atoms with van der Waals surface area (Å²) in [7, 11) is 0. The Hall–Kier alpha value is -2.92. The molecule has 2 aromatic heterocycles. The number of fused-ring (bicyclic) bond motifs is 1. The minimum Gasteiger partial charge on any atom is -0.268 e. The first-order valence-electron chi connectivity index (χ1n) is 8.84. The molecule has 0 radical (unpaired) electrons. The highest BCUT2D eigenvalue weighted by atomic mass is 32.2. The van der Waals surface area contributed by atoms with Gasteiger partial charge in [0.25, 0.3) is 5.56 Å². The Morgan fingerprint density at radius 3 is 2.59 bits per heavy atom. The van der Waals surface area contributed by atoms with Crippen molar-refractivity contribution in [1.82, 2.24) is 14.5 Å². The van der Waals surface area contributed by atoms with Crippen LogP contribution in [0.25, 0.3) is 16.7 Å². The molecule has 27 heavy (non-hydrogen) atoms. The standard InChI is InChI=1S/C22H19N3OS/c1-16-11-13-23-20(15-16)25-21(26)18-9-5-6-10-19(18)24-22(25)27-14-12-17-7-3-2-4-8-17/h2-11,13,15H,12,14H2,1H3. The molecule has 4 aromatic rings. The van der Waals surface area contributed by atoms with E-state index in [4.69, 9.17) is 4.98 Å². The van der Waals surface area contributed by atoms with Gasteiger partial charge in [-0.05, 0) is 48.7 Å². The van der Waals surface area contributed by atoms with Gasteiger partial charge in [-0.15, -0.1) is 0 Å². The second-order valence-electron chi connectivity index (χ2n) is 6.33. The highest BCUT2D eigenvalue weighted by molar-refractivity contribution is 7.99. The summed E-state index contributed by atoms with van der Waals surface area (Å²) in [5.41, 5.74) is 2.96. The van der Waals surface area contributed by atoms with Crippen molar-refractivity contribution < 1.29 is 0 Å². The maximum absolute atomic E-state index is 13.2. The molecule has 4 nitrogen and oxygen atoms in total. The van der Waals surface area contributed by atoms with Gasteiger partial charge in [0.1, 0.15) is 5.82 Å². The van der Waals surface area contributed by atoms with Gasteiger partial charge in [0.2, 0.25) is 0 Å². The molecule has 0 atom stereocenters. The lowest BCUT2D eigenvalue weighted by Gasteiger charge is -2.13. The van der Waals surface area contributed by atoms with E-state index in [2.05, 4.69) is 17.1 Å². The zero-order valence-corrected chi connectivity index (χ0v) is 15.8. The second-order valence-corrected chi connectivity index (χ2v) is 7.39. The number of thioether (sulfide) groups is 1. The number of aryl methyl sites for hydroxylation is 2. The Morgan fingerprint density at radius 2 is 1.78 bits per heavy atom. The van der Waals surface area contributed by atoms with Crippen LogP contribution in [0.3, 0.4) is 0 Å². The first-order valence-corrected chi connectivity index (χ1v) is 9.82. The number of hydrogen-bond acceptors (Lipinski definition) is 4. The number of pyridine rings is 1. The molecule has 134 valence electrons. The van der Waals surface area contributed by atoms with Gasteiger partial charge in [-0.2, -0.15) is 0 Å². The summed E-state index contributed by atoms with van der Waals surface area (Å²) >= 11 is 1.58. The topological polar surface area (TPSA) is 47.8 Å². The summed E-state index contributed by atoms with van der Waals surface area (Å²) in [5.74, 6) is 1.45. The van der Waals surface area contributed by atoms with Crippen LogP contribution in [0.2, 0.25) is 0 Å². The van der Waals surface area contributed by atoms with E-state index in [1.807, 2.05) is 61.5 Å². The highest BCUT2D eigenvalue weighted by Crippen LogP contribution is 2.21. The summed E-state index contributed by atoms with van der Waals surface area (Å²) in [6.45, 7) is 1.99. The Kier molecular flexibility index (Phi) is 5.03. The van der Waals surface area contributed by atoms with E-state index < -0.39 is 0 Å². The van der Waals surface area contributed by atoms with E-state index in [1.165, 1.54) is 5.56 Å².